The summed E-state index contributed by atoms with van der Waals surface area (Å²) in [5.74, 6) is 1.83. The highest BCUT2D eigenvalue weighted by atomic mass is 32.2. The smallest absolute Gasteiger partial charge is 0.245 e. The van der Waals surface area contributed by atoms with Gasteiger partial charge in [-0.15, -0.1) is 0 Å². The van der Waals surface area contributed by atoms with Crippen LogP contribution in [0.1, 0.15) is 38.5 Å². The number of hydrogen-bond donors (Lipinski definition) is 1. The van der Waals surface area contributed by atoms with Gasteiger partial charge in [0.2, 0.25) is 11.8 Å². The van der Waals surface area contributed by atoms with Crippen molar-refractivity contribution in [3.8, 4) is 0 Å². The van der Waals surface area contributed by atoms with E-state index in [0.717, 1.165) is 19.4 Å². The third kappa shape index (κ3) is 3.25. The lowest BCUT2D eigenvalue weighted by Gasteiger charge is -2.30. The van der Waals surface area contributed by atoms with Crippen LogP contribution in [0, 0.1) is 5.92 Å². The predicted molar refractivity (Wildman–Crippen MR) is 75.9 cm³/mol. The van der Waals surface area contributed by atoms with Crippen molar-refractivity contribution in [3.63, 3.8) is 0 Å². The summed E-state index contributed by atoms with van der Waals surface area (Å²) in [6.07, 6.45) is 6.43. The standard InChI is InChI=1S/C14H22N2O2S/c17-12-6-7-16(9-11-3-1-2-8-19-11)14(18)13(15-12)10-4-5-10/h10-11,13H,1-9H2,(H,15,17). The van der Waals surface area contributed by atoms with E-state index in [0.29, 0.717) is 24.1 Å². The third-order valence-electron chi connectivity index (χ3n) is 4.29. The topological polar surface area (TPSA) is 49.4 Å². The summed E-state index contributed by atoms with van der Waals surface area (Å²) in [6, 6.07) is -0.233. The average Bonchev–Trinajstić information content (AvgIpc) is 3.25. The number of carbonyl (C=O) groups excluding carboxylic acids is 2. The van der Waals surface area contributed by atoms with Gasteiger partial charge in [0, 0.05) is 24.8 Å². The highest BCUT2D eigenvalue weighted by Crippen LogP contribution is 2.34. The van der Waals surface area contributed by atoms with Gasteiger partial charge in [-0.3, -0.25) is 9.59 Å². The van der Waals surface area contributed by atoms with Crippen molar-refractivity contribution in [1.29, 1.82) is 0 Å². The number of rotatable bonds is 3. The maximum Gasteiger partial charge on any atom is 0.245 e. The Morgan fingerprint density at radius 3 is 2.74 bits per heavy atom. The molecule has 3 aliphatic rings. The molecule has 0 bridgehead atoms. The van der Waals surface area contributed by atoms with E-state index >= 15 is 0 Å². The van der Waals surface area contributed by atoms with Gasteiger partial charge in [-0.2, -0.15) is 11.8 Å². The Balaban J connectivity index is 1.64. The maximum absolute atomic E-state index is 12.5. The summed E-state index contributed by atoms with van der Waals surface area (Å²) in [4.78, 5) is 26.2. The Morgan fingerprint density at radius 2 is 2.05 bits per heavy atom. The van der Waals surface area contributed by atoms with Gasteiger partial charge in [0.1, 0.15) is 6.04 Å². The van der Waals surface area contributed by atoms with Gasteiger partial charge in [-0.1, -0.05) is 6.42 Å². The molecule has 2 saturated heterocycles. The first kappa shape index (κ1) is 13.3. The van der Waals surface area contributed by atoms with E-state index in [4.69, 9.17) is 0 Å². The molecule has 4 nitrogen and oxygen atoms in total. The van der Waals surface area contributed by atoms with Crippen molar-refractivity contribution in [2.45, 2.75) is 49.8 Å². The van der Waals surface area contributed by atoms with Crippen molar-refractivity contribution in [3.05, 3.63) is 0 Å². The lowest BCUT2D eigenvalue weighted by Crippen LogP contribution is -2.47. The SMILES string of the molecule is O=C1CCN(CC2CCCCS2)C(=O)C(C2CC2)N1. The lowest BCUT2D eigenvalue weighted by atomic mass is 10.1. The van der Waals surface area contributed by atoms with E-state index in [2.05, 4.69) is 5.32 Å². The highest BCUT2D eigenvalue weighted by Gasteiger charge is 2.41. The first-order valence-corrected chi connectivity index (χ1v) is 8.48. The second kappa shape index (κ2) is 5.73. The lowest BCUT2D eigenvalue weighted by molar-refractivity contribution is -0.134. The molecule has 3 rings (SSSR count). The molecule has 0 aromatic heterocycles. The summed E-state index contributed by atoms with van der Waals surface area (Å²) < 4.78 is 0. The third-order valence-corrected chi connectivity index (χ3v) is 5.67. The van der Waals surface area contributed by atoms with Gasteiger partial charge in [-0.05, 0) is 37.4 Å². The van der Waals surface area contributed by atoms with E-state index in [1.807, 2.05) is 16.7 Å². The zero-order valence-electron chi connectivity index (χ0n) is 11.3. The summed E-state index contributed by atoms with van der Waals surface area (Å²) in [5, 5.41) is 3.50. The number of nitrogens with one attached hydrogen (secondary N) is 1. The van der Waals surface area contributed by atoms with E-state index in [1.54, 1.807) is 0 Å². The second-order valence-electron chi connectivity index (χ2n) is 5.91. The van der Waals surface area contributed by atoms with Gasteiger partial charge < -0.3 is 10.2 Å². The zero-order valence-corrected chi connectivity index (χ0v) is 12.1. The minimum Gasteiger partial charge on any atom is -0.344 e. The Kier molecular flexibility index (Phi) is 4.01. The molecule has 106 valence electrons. The molecule has 1 N–H and O–H groups in total. The quantitative estimate of drug-likeness (QED) is 0.851. The van der Waals surface area contributed by atoms with Crippen molar-refractivity contribution < 1.29 is 9.59 Å². The fraction of sp³-hybridized carbons (Fsp3) is 0.857. The van der Waals surface area contributed by atoms with E-state index in [-0.39, 0.29) is 17.9 Å². The van der Waals surface area contributed by atoms with Crippen LogP contribution in [0.15, 0.2) is 0 Å². The molecular weight excluding hydrogens is 260 g/mol. The molecule has 2 amide bonds. The van der Waals surface area contributed by atoms with Gasteiger partial charge >= 0.3 is 0 Å². The van der Waals surface area contributed by atoms with Gasteiger partial charge in [0.05, 0.1) is 0 Å². The Morgan fingerprint density at radius 1 is 1.21 bits per heavy atom. The summed E-state index contributed by atoms with van der Waals surface area (Å²) in [7, 11) is 0. The van der Waals surface area contributed by atoms with Crippen molar-refractivity contribution in [1.82, 2.24) is 10.2 Å². The molecule has 0 aromatic carbocycles. The summed E-state index contributed by atoms with van der Waals surface area (Å²) >= 11 is 1.99. The number of amides is 2. The maximum atomic E-state index is 12.5. The van der Waals surface area contributed by atoms with Crippen LogP contribution in [-0.4, -0.2) is 46.8 Å². The zero-order chi connectivity index (χ0) is 13.2. The molecule has 2 atom stereocenters. The predicted octanol–water partition coefficient (Wildman–Crippen LogP) is 1.40. The molecule has 0 aromatic rings. The van der Waals surface area contributed by atoms with Crippen LogP contribution < -0.4 is 5.32 Å². The molecular formula is C14H22N2O2S. The average molecular weight is 282 g/mol. The van der Waals surface area contributed by atoms with E-state index in [1.165, 1.54) is 25.0 Å². The molecule has 5 heteroatoms. The molecule has 2 aliphatic heterocycles. The van der Waals surface area contributed by atoms with Gasteiger partial charge in [-0.25, -0.2) is 0 Å². The number of hydrogen-bond acceptors (Lipinski definition) is 3. The molecule has 2 heterocycles. The Bertz CT molecular complexity index is 364. The summed E-state index contributed by atoms with van der Waals surface area (Å²) in [6.45, 7) is 1.44. The van der Waals surface area contributed by atoms with Crippen LogP contribution in [0.25, 0.3) is 0 Å². The molecule has 3 fully saturated rings. The minimum absolute atomic E-state index is 0.0454. The van der Waals surface area contributed by atoms with Crippen LogP contribution in [-0.2, 0) is 9.59 Å². The number of nitrogens with zero attached hydrogens (tertiary/aromatic N) is 1. The molecule has 2 unspecified atom stereocenters. The Hall–Kier alpha value is -0.710. The van der Waals surface area contributed by atoms with Crippen LogP contribution in [0.3, 0.4) is 0 Å². The minimum atomic E-state index is -0.233. The van der Waals surface area contributed by atoms with Crippen molar-refractivity contribution >= 4 is 23.6 Å². The monoisotopic (exact) mass is 282 g/mol. The van der Waals surface area contributed by atoms with Crippen LogP contribution in [0.4, 0.5) is 0 Å². The molecule has 1 saturated carbocycles. The van der Waals surface area contributed by atoms with Crippen LogP contribution in [0.5, 0.6) is 0 Å². The molecule has 19 heavy (non-hydrogen) atoms. The van der Waals surface area contributed by atoms with Crippen LogP contribution >= 0.6 is 11.8 Å². The van der Waals surface area contributed by atoms with Gasteiger partial charge in [0.15, 0.2) is 0 Å². The number of carbonyl (C=O) groups is 2. The molecule has 0 radical (unpaired) electrons. The number of thioether (sulfide) groups is 1. The fourth-order valence-corrected chi connectivity index (χ4v) is 4.30. The second-order valence-corrected chi connectivity index (χ2v) is 7.31. The first-order valence-electron chi connectivity index (χ1n) is 7.44. The summed E-state index contributed by atoms with van der Waals surface area (Å²) in [5.41, 5.74) is 0. The van der Waals surface area contributed by atoms with Crippen molar-refractivity contribution in [2.75, 3.05) is 18.8 Å². The first-order chi connectivity index (χ1) is 9.24. The highest BCUT2D eigenvalue weighted by molar-refractivity contribution is 7.99. The fourth-order valence-electron chi connectivity index (χ4n) is 2.98. The van der Waals surface area contributed by atoms with E-state index in [9.17, 15) is 9.59 Å². The van der Waals surface area contributed by atoms with E-state index < -0.39 is 0 Å². The normalized spacial score (nSPS) is 32.9. The van der Waals surface area contributed by atoms with Gasteiger partial charge in [0.25, 0.3) is 0 Å². The Labute approximate surface area is 118 Å². The molecule has 1 aliphatic carbocycles. The largest absolute Gasteiger partial charge is 0.344 e. The van der Waals surface area contributed by atoms with Crippen LogP contribution in [0.2, 0.25) is 0 Å². The van der Waals surface area contributed by atoms with Crippen molar-refractivity contribution in [2.24, 2.45) is 5.92 Å². The molecule has 0 spiro atoms.